The Labute approximate surface area is 91.1 Å². The maximum atomic E-state index is 11.1. The number of amides is 1. The van der Waals surface area contributed by atoms with Gasteiger partial charge in [0.15, 0.2) is 0 Å². The molecule has 1 saturated carbocycles. The van der Waals surface area contributed by atoms with Crippen molar-refractivity contribution in [2.24, 2.45) is 16.9 Å². The van der Waals surface area contributed by atoms with Gasteiger partial charge in [-0.3, -0.25) is 0 Å². The number of carbonyl (C=O) groups is 1. The molecular weight excluding hydrogens is 192 g/mol. The zero-order valence-electron chi connectivity index (χ0n) is 9.75. The second kappa shape index (κ2) is 5.73. The normalized spacial score (nSPS) is 25.9. The monoisotopic (exact) mass is 212 g/mol. The van der Waals surface area contributed by atoms with Gasteiger partial charge in [-0.05, 0) is 31.6 Å². The Hall–Kier alpha value is -1.06. The summed E-state index contributed by atoms with van der Waals surface area (Å²) in [7, 11) is 0. The highest BCUT2D eigenvalue weighted by atomic mass is 16.5. The van der Waals surface area contributed by atoms with E-state index in [2.05, 4.69) is 24.4 Å². The van der Waals surface area contributed by atoms with Crippen LogP contribution in [0.25, 0.3) is 0 Å². The summed E-state index contributed by atoms with van der Waals surface area (Å²) < 4.78 is 4.75. The summed E-state index contributed by atoms with van der Waals surface area (Å²) in [4.78, 5) is 11.1. The number of nitrogens with zero attached hydrogens (tertiary/aromatic N) is 1. The summed E-state index contributed by atoms with van der Waals surface area (Å²) in [5.74, 6) is 0.936. The van der Waals surface area contributed by atoms with Crippen LogP contribution >= 0.6 is 0 Å². The van der Waals surface area contributed by atoms with Crippen LogP contribution in [0, 0.1) is 11.8 Å². The molecule has 0 saturated heterocycles. The van der Waals surface area contributed by atoms with Crippen molar-refractivity contribution in [3.05, 3.63) is 0 Å². The lowest BCUT2D eigenvalue weighted by atomic mass is 9.81. The molecule has 1 aliphatic carbocycles. The molecule has 2 atom stereocenters. The third-order valence-corrected chi connectivity index (χ3v) is 2.84. The van der Waals surface area contributed by atoms with Crippen molar-refractivity contribution in [3.8, 4) is 0 Å². The first kappa shape index (κ1) is 12.0. The van der Waals surface area contributed by atoms with Gasteiger partial charge in [0.2, 0.25) is 0 Å². The summed E-state index contributed by atoms with van der Waals surface area (Å²) in [6.07, 6.45) is 3.11. The molecule has 1 rings (SSSR count). The second-order valence-electron chi connectivity index (χ2n) is 4.10. The summed E-state index contributed by atoms with van der Waals surface area (Å²) in [6, 6.07) is 0. The molecule has 1 fully saturated rings. The number of ether oxygens (including phenoxy) is 1. The molecule has 0 spiro atoms. The van der Waals surface area contributed by atoms with Gasteiger partial charge in [0.05, 0.1) is 6.61 Å². The fourth-order valence-electron chi connectivity index (χ4n) is 2.01. The molecule has 4 heteroatoms. The molecule has 1 aliphatic rings. The van der Waals surface area contributed by atoms with Crippen molar-refractivity contribution < 1.29 is 9.53 Å². The Morgan fingerprint density at radius 3 is 2.60 bits per heavy atom. The van der Waals surface area contributed by atoms with Crippen LogP contribution in [0.4, 0.5) is 4.79 Å². The third-order valence-electron chi connectivity index (χ3n) is 2.84. The molecule has 1 amide bonds. The minimum absolute atomic E-state index is 0.377. The Morgan fingerprint density at radius 2 is 2.07 bits per heavy atom. The van der Waals surface area contributed by atoms with Gasteiger partial charge in [-0.2, -0.15) is 5.10 Å². The fraction of sp³-hybridized carbons (Fsp3) is 0.818. The van der Waals surface area contributed by atoms with Gasteiger partial charge in [-0.1, -0.05) is 20.3 Å². The van der Waals surface area contributed by atoms with Crippen LogP contribution in [0.2, 0.25) is 0 Å². The topological polar surface area (TPSA) is 50.7 Å². The molecule has 1 N–H and O–H groups in total. The predicted octanol–water partition coefficient (Wildman–Crippen LogP) is 2.54. The number of hydrogen-bond acceptors (Lipinski definition) is 3. The largest absolute Gasteiger partial charge is 0.449 e. The van der Waals surface area contributed by atoms with Crippen LogP contribution < -0.4 is 5.43 Å². The molecule has 86 valence electrons. The van der Waals surface area contributed by atoms with E-state index in [4.69, 9.17) is 4.74 Å². The van der Waals surface area contributed by atoms with Gasteiger partial charge in [-0.15, -0.1) is 0 Å². The van der Waals surface area contributed by atoms with E-state index in [1.807, 2.05) is 0 Å². The van der Waals surface area contributed by atoms with Gasteiger partial charge >= 0.3 is 6.09 Å². The zero-order chi connectivity index (χ0) is 11.3. The van der Waals surface area contributed by atoms with E-state index < -0.39 is 6.09 Å². The van der Waals surface area contributed by atoms with Crippen LogP contribution in [-0.4, -0.2) is 18.4 Å². The average Bonchev–Trinajstić information content (AvgIpc) is 2.17. The summed E-state index contributed by atoms with van der Waals surface area (Å²) in [5.41, 5.74) is 3.53. The molecule has 0 aromatic heterocycles. The van der Waals surface area contributed by atoms with Crippen LogP contribution in [0.15, 0.2) is 5.10 Å². The number of hydrogen-bond donors (Lipinski definition) is 1. The lowest BCUT2D eigenvalue weighted by molar-refractivity contribution is 0.152. The Balaban J connectivity index is 2.51. The standard InChI is InChI=1S/C11H20N2O2/c1-4-15-11(14)13-12-10-8(2)6-5-7-9(10)3/h8-9H,4-7H2,1-3H3,(H,13,14)/t8-,9-/m1/s1. The smallest absolute Gasteiger partial charge is 0.427 e. The van der Waals surface area contributed by atoms with E-state index in [0.717, 1.165) is 18.6 Å². The molecule has 0 heterocycles. The molecule has 4 nitrogen and oxygen atoms in total. The van der Waals surface area contributed by atoms with Gasteiger partial charge in [0, 0.05) is 5.71 Å². The highest BCUT2D eigenvalue weighted by Crippen LogP contribution is 2.25. The third kappa shape index (κ3) is 3.53. The number of hydrazone groups is 1. The van der Waals surface area contributed by atoms with Crippen molar-refractivity contribution in [2.45, 2.75) is 40.0 Å². The molecule has 0 unspecified atom stereocenters. The number of nitrogens with one attached hydrogen (secondary N) is 1. The van der Waals surface area contributed by atoms with Crippen molar-refractivity contribution in [3.63, 3.8) is 0 Å². The van der Waals surface area contributed by atoms with Gasteiger partial charge in [0.1, 0.15) is 0 Å². The second-order valence-corrected chi connectivity index (χ2v) is 4.10. The lowest BCUT2D eigenvalue weighted by Crippen LogP contribution is -2.29. The molecule has 0 aliphatic heterocycles. The van der Waals surface area contributed by atoms with Crippen LogP contribution in [0.1, 0.15) is 40.0 Å². The van der Waals surface area contributed by atoms with Crippen LogP contribution in [-0.2, 0) is 4.74 Å². The fourth-order valence-corrected chi connectivity index (χ4v) is 2.01. The SMILES string of the molecule is CCOC(=O)NN=C1[C@H](C)CCC[C@H]1C. The van der Waals surface area contributed by atoms with Crippen LogP contribution in [0.3, 0.4) is 0 Å². The Bertz CT molecular complexity index is 239. The van der Waals surface area contributed by atoms with Gasteiger partial charge in [-0.25, -0.2) is 10.2 Å². The molecular formula is C11H20N2O2. The van der Waals surface area contributed by atoms with Crippen molar-refractivity contribution in [2.75, 3.05) is 6.61 Å². The van der Waals surface area contributed by atoms with E-state index in [1.165, 1.54) is 6.42 Å². The first-order valence-corrected chi connectivity index (χ1v) is 5.65. The lowest BCUT2D eigenvalue weighted by Gasteiger charge is -2.26. The molecule has 0 aromatic rings. The van der Waals surface area contributed by atoms with Crippen molar-refractivity contribution in [1.29, 1.82) is 0 Å². The van der Waals surface area contributed by atoms with E-state index in [1.54, 1.807) is 6.92 Å². The minimum Gasteiger partial charge on any atom is -0.449 e. The Morgan fingerprint density at radius 1 is 1.47 bits per heavy atom. The van der Waals surface area contributed by atoms with Gasteiger partial charge < -0.3 is 4.74 Å². The summed E-state index contributed by atoms with van der Waals surface area (Å²) in [6.45, 7) is 6.46. The highest BCUT2D eigenvalue weighted by Gasteiger charge is 2.23. The van der Waals surface area contributed by atoms with Crippen molar-refractivity contribution in [1.82, 2.24) is 5.43 Å². The minimum atomic E-state index is -0.463. The van der Waals surface area contributed by atoms with E-state index in [9.17, 15) is 4.79 Å². The highest BCUT2D eigenvalue weighted by molar-refractivity contribution is 5.89. The number of rotatable bonds is 2. The quantitative estimate of drug-likeness (QED) is 0.715. The summed E-state index contributed by atoms with van der Waals surface area (Å²) in [5, 5.41) is 4.16. The zero-order valence-corrected chi connectivity index (χ0v) is 9.75. The maximum Gasteiger partial charge on any atom is 0.427 e. The van der Waals surface area contributed by atoms with E-state index in [0.29, 0.717) is 18.4 Å². The van der Waals surface area contributed by atoms with E-state index in [-0.39, 0.29) is 0 Å². The molecule has 15 heavy (non-hydrogen) atoms. The molecule has 0 bridgehead atoms. The molecule has 0 radical (unpaired) electrons. The van der Waals surface area contributed by atoms with Crippen molar-refractivity contribution >= 4 is 11.8 Å². The summed E-state index contributed by atoms with van der Waals surface area (Å²) >= 11 is 0. The number of carbonyl (C=O) groups excluding carboxylic acids is 1. The average molecular weight is 212 g/mol. The van der Waals surface area contributed by atoms with E-state index >= 15 is 0 Å². The first-order chi connectivity index (χ1) is 7.15. The Kier molecular flexibility index (Phi) is 4.59. The predicted molar refractivity (Wildman–Crippen MR) is 59.8 cm³/mol. The van der Waals surface area contributed by atoms with Gasteiger partial charge in [0.25, 0.3) is 0 Å². The first-order valence-electron chi connectivity index (χ1n) is 5.65. The van der Waals surface area contributed by atoms with Crippen LogP contribution in [0.5, 0.6) is 0 Å². The maximum absolute atomic E-state index is 11.1. The molecule has 0 aromatic carbocycles.